The zero-order chi connectivity index (χ0) is 14.9. The molecule has 0 aromatic heterocycles. The van der Waals surface area contributed by atoms with Gasteiger partial charge in [0.25, 0.3) is 0 Å². The highest BCUT2D eigenvalue weighted by atomic mass is 16.5. The molecule has 0 unspecified atom stereocenters. The van der Waals surface area contributed by atoms with E-state index < -0.39 is 0 Å². The minimum Gasteiger partial charge on any atom is -0.494 e. The summed E-state index contributed by atoms with van der Waals surface area (Å²) in [7, 11) is 0. The number of morpholine rings is 1. The molecule has 1 aromatic rings. The van der Waals surface area contributed by atoms with Gasteiger partial charge in [-0.15, -0.1) is 0 Å². The van der Waals surface area contributed by atoms with Crippen LogP contribution in [0.5, 0.6) is 5.75 Å². The summed E-state index contributed by atoms with van der Waals surface area (Å²) >= 11 is 0. The Kier molecular flexibility index (Phi) is 6.50. The molecule has 0 radical (unpaired) electrons. The number of ether oxygens (including phenoxy) is 2. The van der Waals surface area contributed by atoms with Crippen molar-refractivity contribution in [1.82, 2.24) is 10.6 Å². The van der Waals surface area contributed by atoms with E-state index >= 15 is 0 Å². The highest BCUT2D eigenvalue weighted by molar-refractivity contribution is 5.81. The average Bonchev–Trinajstić information content (AvgIpc) is 2.55. The molecule has 21 heavy (non-hydrogen) atoms. The van der Waals surface area contributed by atoms with Crippen LogP contribution in [0, 0.1) is 0 Å². The van der Waals surface area contributed by atoms with Gasteiger partial charge in [-0.25, -0.2) is 0 Å². The van der Waals surface area contributed by atoms with Crippen LogP contribution in [0.1, 0.15) is 18.9 Å². The van der Waals surface area contributed by atoms with Gasteiger partial charge in [-0.05, 0) is 30.5 Å². The number of carbonyl (C=O) groups excluding carboxylic acids is 1. The maximum atomic E-state index is 11.9. The highest BCUT2D eigenvalue weighted by Gasteiger charge is 2.20. The first-order chi connectivity index (χ1) is 10.3. The van der Waals surface area contributed by atoms with Crippen molar-refractivity contribution in [2.45, 2.75) is 25.9 Å². The first kappa shape index (κ1) is 15.8. The highest BCUT2D eigenvalue weighted by Crippen LogP contribution is 2.12. The third-order valence-corrected chi connectivity index (χ3v) is 3.33. The van der Waals surface area contributed by atoms with Crippen molar-refractivity contribution in [3.63, 3.8) is 0 Å². The summed E-state index contributed by atoms with van der Waals surface area (Å²) in [5.41, 5.74) is 1.18. The largest absolute Gasteiger partial charge is 0.494 e. The topological polar surface area (TPSA) is 59.6 Å². The number of rotatable bonds is 7. The van der Waals surface area contributed by atoms with Gasteiger partial charge in [-0.2, -0.15) is 0 Å². The number of benzene rings is 1. The van der Waals surface area contributed by atoms with Crippen LogP contribution in [0.15, 0.2) is 24.3 Å². The fraction of sp³-hybridized carbons (Fsp3) is 0.562. The Morgan fingerprint density at radius 3 is 2.90 bits per heavy atom. The Balaban J connectivity index is 1.69. The minimum atomic E-state index is -0.358. The molecule has 1 atom stereocenters. The van der Waals surface area contributed by atoms with Crippen molar-refractivity contribution in [3.05, 3.63) is 29.8 Å². The first-order valence-electron chi connectivity index (χ1n) is 7.61. The second-order valence-corrected chi connectivity index (χ2v) is 5.10. The molecule has 1 fully saturated rings. The van der Waals surface area contributed by atoms with Crippen LogP contribution in [-0.2, 0) is 16.0 Å². The van der Waals surface area contributed by atoms with Gasteiger partial charge < -0.3 is 20.1 Å². The summed E-state index contributed by atoms with van der Waals surface area (Å²) in [6.45, 7) is 5.45. The molecule has 1 aliphatic heterocycles. The lowest BCUT2D eigenvalue weighted by Gasteiger charge is -2.22. The van der Waals surface area contributed by atoms with E-state index in [1.807, 2.05) is 24.3 Å². The zero-order valence-corrected chi connectivity index (χ0v) is 12.6. The summed E-state index contributed by atoms with van der Waals surface area (Å²) in [6.07, 6.45) is 1.45. The van der Waals surface area contributed by atoms with Gasteiger partial charge in [0.05, 0.1) is 13.2 Å². The van der Waals surface area contributed by atoms with Crippen LogP contribution >= 0.6 is 0 Å². The lowest BCUT2D eigenvalue weighted by Crippen LogP contribution is -2.48. The van der Waals surface area contributed by atoms with E-state index in [0.717, 1.165) is 31.7 Å². The smallest absolute Gasteiger partial charge is 0.250 e. The third-order valence-electron chi connectivity index (χ3n) is 3.33. The van der Waals surface area contributed by atoms with Crippen molar-refractivity contribution in [2.75, 3.05) is 32.8 Å². The van der Waals surface area contributed by atoms with Crippen LogP contribution in [0.25, 0.3) is 0 Å². The SMILES string of the molecule is CCCOc1ccc(CCNC(=O)[C@H]2CNCCO2)cc1. The molecule has 5 nitrogen and oxygen atoms in total. The van der Waals surface area contributed by atoms with Crippen LogP contribution in [0.3, 0.4) is 0 Å². The number of amides is 1. The standard InChI is InChI=1S/C16H24N2O3/c1-2-10-20-14-5-3-13(4-6-14)7-8-18-16(19)15-12-17-9-11-21-15/h3-6,15,17H,2,7-12H2,1H3,(H,18,19)/t15-/m1/s1. The molecule has 1 heterocycles. The second-order valence-electron chi connectivity index (χ2n) is 5.10. The molecule has 0 saturated carbocycles. The van der Waals surface area contributed by atoms with Gasteiger partial charge in [0, 0.05) is 19.6 Å². The van der Waals surface area contributed by atoms with Gasteiger partial charge in [0.1, 0.15) is 11.9 Å². The molecule has 0 spiro atoms. The molecule has 2 rings (SSSR count). The molecule has 1 amide bonds. The van der Waals surface area contributed by atoms with E-state index in [-0.39, 0.29) is 12.0 Å². The van der Waals surface area contributed by atoms with E-state index in [1.54, 1.807) is 0 Å². The van der Waals surface area contributed by atoms with Gasteiger partial charge in [-0.3, -0.25) is 4.79 Å². The van der Waals surface area contributed by atoms with Gasteiger partial charge in [0.15, 0.2) is 0 Å². The van der Waals surface area contributed by atoms with Gasteiger partial charge in [-0.1, -0.05) is 19.1 Å². The molecule has 0 aliphatic carbocycles. The number of nitrogens with one attached hydrogen (secondary N) is 2. The van der Waals surface area contributed by atoms with E-state index in [1.165, 1.54) is 5.56 Å². The van der Waals surface area contributed by atoms with E-state index in [0.29, 0.717) is 19.7 Å². The van der Waals surface area contributed by atoms with Gasteiger partial charge in [0.2, 0.25) is 5.91 Å². The Bertz CT molecular complexity index is 428. The summed E-state index contributed by atoms with van der Waals surface area (Å²) in [5.74, 6) is 0.858. The van der Waals surface area contributed by atoms with Crippen LogP contribution in [0.2, 0.25) is 0 Å². The lowest BCUT2D eigenvalue weighted by molar-refractivity contribution is -0.134. The maximum Gasteiger partial charge on any atom is 0.250 e. The van der Waals surface area contributed by atoms with Crippen molar-refractivity contribution >= 4 is 5.91 Å². The first-order valence-corrected chi connectivity index (χ1v) is 7.61. The predicted octanol–water partition coefficient (Wildman–Crippen LogP) is 1.12. The summed E-state index contributed by atoms with van der Waals surface area (Å²) in [5, 5.41) is 6.06. The zero-order valence-electron chi connectivity index (χ0n) is 12.6. The number of hydrogen-bond donors (Lipinski definition) is 2. The quantitative estimate of drug-likeness (QED) is 0.791. The summed E-state index contributed by atoms with van der Waals surface area (Å²) in [4.78, 5) is 11.9. The van der Waals surface area contributed by atoms with E-state index in [9.17, 15) is 4.79 Å². The second kappa shape index (κ2) is 8.64. The van der Waals surface area contributed by atoms with Crippen LogP contribution < -0.4 is 15.4 Å². The molecule has 116 valence electrons. The Morgan fingerprint density at radius 2 is 2.24 bits per heavy atom. The van der Waals surface area contributed by atoms with Crippen LogP contribution in [-0.4, -0.2) is 44.9 Å². The Morgan fingerprint density at radius 1 is 1.43 bits per heavy atom. The monoisotopic (exact) mass is 292 g/mol. The summed E-state index contributed by atoms with van der Waals surface area (Å²) < 4.78 is 10.9. The van der Waals surface area contributed by atoms with Gasteiger partial charge >= 0.3 is 0 Å². The molecular formula is C16H24N2O3. The summed E-state index contributed by atoms with van der Waals surface area (Å²) in [6, 6.07) is 8.02. The molecule has 1 aromatic carbocycles. The molecule has 2 N–H and O–H groups in total. The Hall–Kier alpha value is -1.59. The minimum absolute atomic E-state index is 0.0369. The van der Waals surface area contributed by atoms with Crippen LogP contribution in [0.4, 0.5) is 0 Å². The van der Waals surface area contributed by atoms with E-state index in [4.69, 9.17) is 9.47 Å². The van der Waals surface area contributed by atoms with Crippen molar-refractivity contribution in [1.29, 1.82) is 0 Å². The molecule has 5 heteroatoms. The van der Waals surface area contributed by atoms with E-state index in [2.05, 4.69) is 17.6 Å². The molecular weight excluding hydrogens is 268 g/mol. The third kappa shape index (κ3) is 5.36. The van der Waals surface area contributed by atoms with Crippen molar-refractivity contribution in [3.8, 4) is 5.75 Å². The predicted molar refractivity (Wildman–Crippen MR) is 81.6 cm³/mol. The molecule has 1 saturated heterocycles. The number of carbonyl (C=O) groups is 1. The van der Waals surface area contributed by atoms with Crippen molar-refractivity contribution in [2.24, 2.45) is 0 Å². The Labute approximate surface area is 126 Å². The van der Waals surface area contributed by atoms with Crippen molar-refractivity contribution < 1.29 is 14.3 Å². The normalized spacial score (nSPS) is 18.2. The fourth-order valence-electron chi connectivity index (χ4n) is 2.15. The lowest BCUT2D eigenvalue weighted by atomic mass is 10.1. The fourth-order valence-corrected chi connectivity index (χ4v) is 2.15. The number of hydrogen-bond acceptors (Lipinski definition) is 4. The average molecular weight is 292 g/mol. The molecule has 0 bridgehead atoms. The maximum absolute atomic E-state index is 11.9. The molecule has 1 aliphatic rings.